The molecule has 1 aromatic heterocycles. The third-order valence-corrected chi connectivity index (χ3v) is 4.97. The van der Waals surface area contributed by atoms with Gasteiger partial charge in [-0.1, -0.05) is 13.0 Å². The van der Waals surface area contributed by atoms with E-state index in [1.165, 1.54) is 10.7 Å². The molecule has 1 saturated heterocycles. The molecule has 2 rings (SSSR count). The lowest BCUT2D eigenvalue weighted by Crippen LogP contribution is -2.48. The van der Waals surface area contributed by atoms with Crippen LogP contribution in [0.2, 0.25) is 0 Å². The molecule has 1 N–H and O–H groups in total. The number of β-amino-alcohol motifs (C(OH)–C–C–N with tert-alkyl or cyclic N) is 1. The minimum atomic E-state index is -0.222. The second-order valence-electron chi connectivity index (χ2n) is 5.68. The summed E-state index contributed by atoms with van der Waals surface area (Å²) in [5.74, 6) is 0. The van der Waals surface area contributed by atoms with E-state index in [4.69, 9.17) is 0 Å². The first-order chi connectivity index (χ1) is 10.2. The van der Waals surface area contributed by atoms with Gasteiger partial charge in [0.25, 0.3) is 0 Å². The van der Waals surface area contributed by atoms with Crippen LogP contribution in [0.1, 0.15) is 30.5 Å². The molecular formula is C16H27N3OS. The summed E-state index contributed by atoms with van der Waals surface area (Å²) in [5, 5.41) is 13.4. The normalized spacial score (nSPS) is 18.8. The summed E-state index contributed by atoms with van der Waals surface area (Å²) >= 11 is 1.77. The number of aromatic nitrogens is 1. The van der Waals surface area contributed by atoms with Crippen molar-refractivity contribution in [2.24, 2.45) is 0 Å². The molecule has 0 aliphatic carbocycles. The van der Waals surface area contributed by atoms with Gasteiger partial charge in [-0.3, -0.25) is 9.80 Å². The van der Waals surface area contributed by atoms with Gasteiger partial charge in [0.05, 0.1) is 16.8 Å². The van der Waals surface area contributed by atoms with Gasteiger partial charge >= 0.3 is 0 Å². The summed E-state index contributed by atoms with van der Waals surface area (Å²) in [7, 11) is 0. The van der Waals surface area contributed by atoms with Crippen molar-refractivity contribution in [3.05, 3.63) is 28.7 Å². The summed E-state index contributed by atoms with van der Waals surface area (Å²) < 4.78 is 0. The van der Waals surface area contributed by atoms with Crippen LogP contribution in [0.5, 0.6) is 0 Å². The van der Waals surface area contributed by atoms with Crippen LogP contribution in [-0.4, -0.2) is 58.7 Å². The minimum Gasteiger partial charge on any atom is -0.392 e. The fraction of sp³-hybridized carbons (Fsp3) is 0.688. The molecule has 4 nitrogen and oxygen atoms in total. The SMILES string of the molecule is C=CCCC(O)CN1CCN(Cc2csc(CC)n2)CC1. The van der Waals surface area contributed by atoms with Crippen molar-refractivity contribution in [2.75, 3.05) is 32.7 Å². The molecule has 0 amide bonds. The number of rotatable bonds is 8. The Morgan fingerprint density at radius 2 is 2.10 bits per heavy atom. The number of thiazole rings is 1. The van der Waals surface area contributed by atoms with Gasteiger partial charge in [-0.25, -0.2) is 4.98 Å². The number of aliphatic hydroxyl groups is 1. The van der Waals surface area contributed by atoms with Crippen LogP contribution in [0.25, 0.3) is 0 Å². The Morgan fingerprint density at radius 1 is 1.38 bits per heavy atom. The average Bonchev–Trinajstić information content (AvgIpc) is 2.95. The molecule has 0 spiro atoms. The third-order valence-electron chi connectivity index (χ3n) is 3.93. The van der Waals surface area contributed by atoms with Gasteiger partial charge in [0.15, 0.2) is 0 Å². The zero-order valence-corrected chi connectivity index (χ0v) is 13.8. The molecule has 1 atom stereocenters. The standard InChI is InChI=1S/C16H27N3OS/c1-3-5-6-15(20)12-19-9-7-18(8-10-19)11-14-13-21-16(4-2)17-14/h3,13,15,20H,1,4-12H2,2H3. The largest absolute Gasteiger partial charge is 0.392 e. The summed E-state index contributed by atoms with van der Waals surface area (Å²) in [6, 6.07) is 0. The van der Waals surface area contributed by atoms with Crippen molar-refractivity contribution in [2.45, 2.75) is 38.8 Å². The molecule has 2 heterocycles. The molecule has 1 fully saturated rings. The number of aryl methyl sites for hydroxylation is 1. The van der Waals surface area contributed by atoms with Crippen LogP contribution in [0, 0.1) is 0 Å². The van der Waals surface area contributed by atoms with E-state index < -0.39 is 0 Å². The molecule has 0 bridgehead atoms. The van der Waals surface area contributed by atoms with E-state index in [2.05, 4.69) is 33.7 Å². The topological polar surface area (TPSA) is 39.6 Å². The van der Waals surface area contributed by atoms with Gasteiger partial charge in [-0.15, -0.1) is 17.9 Å². The molecule has 1 unspecified atom stereocenters. The number of nitrogens with zero attached hydrogens (tertiary/aromatic N) is 3. The second kappa shape index (κ2) is 8.63. The number of allylic oxidation sites excluding steroid dienone is 1. The van der Waals surface area contributed by atoms with Crippen LogP contribution in [0.4, 0.5) is 0 Å². The average molecular weight is 309 g/mol. The Labute approximate surface area is 132 Å². The Hall–Kier alpha value is -0.750. The quantitative estimate of drug-likeness (QED) is 0.747. The zero-order chi connectivity index (χ0) is 15.1. The minimum absolute atomic E-state index is 0.222. The van der Waals surface area contributed by atoms with Crippen molar-refractivity contribution in [3.8, 4) is 0 Å². The maximum Gasteiger partial charge on any atom is 0.0926 e. The van der Waals surface area contributed by atoms with E-state index in [9.17, 15) is 5.11 Å². The monoisotopic (exact) mass is 309 g/mol. The number of aliphatic hydroxyl groups excluding tert-OH is 1. The predicted octanol–water partition coefficient (Wildman–Crippen LogP) is 2.15. The van der Waals surface area contributed by atoms with Crippen LogP contribution >= 0.6 is 11.3 Å². The maximum absolute atomic E-state index is 9.95. The Morgan fingerprint density at radius 3 is 2.71 bits per heavy atom. The first-order valence-electron chi connectivity index (χ1n) is 7.88. The summed E-state index contributed by atoms with van der Waals surface area (Å²) in [6.45, 7) is 11.8. The summed E-state index contributed by atoms with van der Waals surface area (Å²) in [5.41, 5.74) is 1.20. The van der Waals surface area contributed by atoms with Crippen LogP contribution in [0.3, 0.4) is 0 Å². The fourth-order valence-corrected chi connectivity index (χ4v) is 3.38. The molecule has 5 heteroatoms. The second-order valence-corrected chi connectivity index (χ2v) is 6.63. The number of hydrogen-bond donors (Lipinski definition) is 1. The number of hydrogen-bond acceptors (Lipinski definition) is 5. The first-order valence-corrected chi connectivity index (χ1v) is 8.76. The Kier molecular flexibility index (Phi) is 6.83. The van der Waals surface area contributed by atoms with E-state index in [1.54, 1.807) is 11.3 Å². The molecule has 0 saturated carbocycles. The molecular weight excluding hydrogens is 282 g/mol. The lowest BCUT2D eigenvalue weighted by Gasteiger charge is -2.35. The Balaban J connectivity index is 1.69. The van der Waals surface area contributed by atoms with E-state index in [0.717, 1.165) is 58.5 Å². The predicted molar refractivity (Wildman–Crippen MR) is 88.6 cm³/mol. The molecule has 0 radical (unpaired) electrons. The molecule has 1 aliphatic rings. The van der Waals surface area contributed by atoms with Crippen LogP contribution in [-0.2, 0) is 13.0 Å². The lowest BCUT2D eigenvalue weighted by molar-refractivity contribution is 0.0665. The van der Waals surface area contributed by atoms with Gasteiger partial charge in [-0.05, 0) is 19.3 Å². The molecule has 118 valence electrons. The van der Waals surface area contributed by atoms with E-state index in [0.29, 0.717) is 0 Å². The maximum atomic E-state index is 9.95. The van der Waals surface area contributed by atoms with Crippen LogP contribution < -0.4 is 0 Å². The van der Waals surface area contributed by atoms with Gasteiger partial charge < -0.3 is 5.11 Å². The zero-order valence-electron chi connectivity index (χ0n) is 13.0. The molecule has 21 heavy (non-hydrogen) atoms. The first kappa shape index (κ1) is 16.6. The van der Waals surface area contributed by atoms with E-state index in [-0.39, 0.29) is 6.10 Å². The summed E-state index contributed by atoms with van der Waals surface area (Å²) in [4.78, 5) is 9.46. The smallest absolute Gasteiger partial charge is 0.0926 e. The van der Waals surface area contributed by atoms with Crippen molar-refractivity contribution < 1.29 is 5.11 Å². The summed E-state index contributed by atoms with van der Waals surface area (Å²) in [6.07, 6.45) is 4.40. The third kappa shape index (κ3) is 5.51. The highest BCUT2D eigenvalue weighted by Gasteiger charge is 2.19. The lowest BCUT2D eigenvalue weighted by atomic mass is 10.1. The molecule has 1 aromatic rings. The van der Waals surface area contributed by atoms with Gasteiger partial charge in [0.1, 0.15) is 0 Å². The fourth-order valence-electron chi connectivity index (χ4n) is 2.64. The van der Waals surface area contributed by atoms with Gasteiger partial charge in [-0.2, -0.15) is 0 Å². The van der Waals surface area contributed by atoms with Crippen LogP contribution in [0.15, 0.2) is 18.0 Å². The van der Waals surface area contributed by atoms with Crippen molar-refractivity contribution in [1.82, 2.24) is 14.8 Å². The highest BCUT2D eigenvalue weighted by molar-refractivity contribution is 7.09. The highest BCUT2D eigenvalue weighted by Crippen LogP contribution is 2.14. The van der Waals surface area contributed by atoms with E-state index in [1.807, 2.05) is 6.08 Å². The molecule has 1 aliphatic heterocycles. The Bertz CT molecular complexity index is 427. The van der Waals surface area contributed by atoms with Gasteiger partial charge in [0.2, 0.25) is 0 Å². The van der Waals surface area contributed by atoms with Gasteiger partial charge in [0, 0.05) is 44.6 Å². The highest BCUT2D eigenvalue weighted by atomic mass is 32.1. The van der Waals surface area contributed by atoms with Crippen molar-refractivity contribution >= 4 is 11.3 Å². The number of piperazine rings is 1. The van der Waals surface area contributed by atoms with Crippen molar-refractivity contribution in [3.63, 3.8) is 0 Å². The van der Waals surface area contributed by atoms with E-state index >= 15 is 0 Å². The van der Waals surface area contributed by atoms with Crippen molar-refractivity contribution in [1.29, 1.82) is 0 Å². The molecule has 0 aromatic carbocycles.